The van der Waals surface area contributed by atoms with Gasteiger partial charge in [0.05, 0.1) is 0 Å². The van der Waals surface area contributed by atoms with Gasteiger partial charge >= 0.3 is 0 Å². The highest BCUT2D eigenvalue weighted by Crippen LogP contribution is 2.12. The Balaban J connectivity index is 3.38. The number of rotatable bonds is 3. The largest absolute Gasteiger partial charge is 0.244 e. The van der Waals surface area contributed by atoms with Gasteiger partial charge in [0.1, 0.15) is 12.3 Å². The lowest BCUT2D eigenvalue weighted by Crippen LogP contribution is -2.16. The molecule has 0 rings (SSSR count). The average Bonchev–Trinajstić information content (AvgIpc) is 1.63. The second-order valence-electron chi connectivity index (χ2n) is 1.66. The molecule has 1 radical (unpaired) electrons. The minimum Gasteiger partial charge on any atom is -0.244 e. The zero-order valence-electron chi connectivity index (χ0n) is 4.66. The van der Waals surface area contributed by atoms with Gasteiger partial charge in [0, 0.05) is 6.42 Å². The topological polar surface area (TPSA) is 0 Å². The molecule has 0 aromatic carbocycles. The van der Waals surface area contributed by atoms with E-state index in [9.17, 15) is 17.6 Å². The van der Waals surface area contributed by atoms with E-state index in [1.807, 2.05) is 0 Å². The smallest absolute Gasteiger partial charge is 0.241 e. The van der Waals surface area contributed by atoms with Gasteiger partial charge in [-0.1, -0.05) is 0 Å². The molecule has 0 aliphatic rings. The quantitative estimate of drug-likeness (QED) is 0.531. The van der Waals surface area contributed by atoms with E-state index < -0.39 is 25.2 Å². The number of hydrogen-bond acceptors (Lipinski definition) is 0. The van der Waals surface area contributed by atoms with Crippen LogP contribution in [0.4, 0.5) is 17.6 Å². The molecule has 9 heavy (non-hydrogen) atoms. The molecule has 0 aliphatic heterocycles. The summed E-state index contributed by atoms with van der Waals surface area (Å²) in [6.45, 7) is 2.62. The van der Waals surface area contributed by atoms with Crippen LogP contribution in [0.2, 0.25) is 0 Å². The fourth-order valence-corrected chi connectivity index (χ4v) is 0.318. The van der Waals surface area contributed by atoms with Crippen LogP contribution in [0.3, 0.4) is 0 Å². The molecule has 2 unspecified atom stereocenters. The van der Waals surface area contributed by atoms with Gasteiger partial charge in [-0.25, -0.2) is 17.6 Å². The molecule has 0 saturated heterocycles. The predicted octanol–water partition coefficient (Wildman–Crippen LogP) is 2.15. The van der Waals surface area contributed by atoms with Crippen LogP contribution >= 0.6 is 0 Å². The summed E-state index contributed by atoms with van der Waals surface area (Å²) in [4.78, 5) is 0. The molecular weight excluding hydrogens is 136 g/mol. The van der Waals surface area contributed by atoms with Crippen LogP contribution in [0.5, 0.6) is 0 Å². The molecule has 2 atom stereocenters. The van der Waals surface area contributed by atoms with Crippen molar-refractivity contribution in [1.82, 2.24) is 0 Å². The van der Waals surface area contributed by atoms with E-state index in [2.05, 4.69) is 6.92 Å². The SMILES string of the molecule is [CH2]C(F)C(F)CC(F)F. The first-order chi connectivity index (χ1) is 4.04. The van der Waals surface area contributed by atoms with E-state index in [1.165, 1.54) is 0 Å². The van der Waals surface area contributed by atoms with Crippen LogP contribution < -0.4 is 0 Å². The summed E-state index contributed by atoms with van der Waals surface area (Å²) >= 11 is 0. The minimum absolute atomic E-state index is 1.06. The Hall–Kier alpha value is -0.280. The molecule has 0 nitrogen and oxygen atoms in total. The van der Waals surface area contributed by atoms with E-state index in [4.69, 9.17) is 0 Å². The second-order valence-corrected chi connectivity index (χ2v) is 1.66. The number of halogens is 4. The van der Waals surface area contributed by atoms with Crippen molar-refractivity contribution in [2.45, 2.75) is 25.2 Å². The second kappa shape index (κ2) is 3.69. The van der Waals surface area contributed by atoms with Crippen molar-refractivity contribution in [3.8, 4) is 0 Å². The zero-order valence-corrected chi connectivity index (χ0v) is 4.66. The summed E-state index contributed by atoms with van der Waals surface area (Å²) < 4.78 is 45.9. The van der Waals surface area contributed by atoms with Gasteiger partial charge in [-0.3, -0.25) is 0 Å². The molecule has 0 spiro atoms. The van der Waals surface area contributed by atoms with Crippen molar-refractivity contribution in [2.24, 2.45) is 0 Å². The van der Waals surface area contributed by atoms with Gasteiger partial charge < -0.3 is 0 Å². The highest BCUT2D eigenvalue weighted by molar-refractivity contribution is 4.70. The highest BCUT2D eigenvalue weighted by Gasteiger charge is 2.19. The third-order valence-corrected chi connectivity index (χ3v) is 0.796. The first-order valence-corrected chi connectivity index (χ1v) is 2.43. The van der Waals surface area contributed by atoms with Crippen LogP contribution in [-0.4, -0.2) is 18.8 Å². The van der Waals surface area contributed by atoms with Crippen molar-refractivity contribution in [3.63, 3.8) is 0 Å². The Kier molecular flexibility index (Phi) is 3.58. The number of alkyl halides is 4. The van der Waals surface area contributed by atoms with E-state index in [-0.39, 0.29) is 0 Å². The summed E-state index contributed by atoms with van der Waals surface area (Å²) in [7, 11) is 0. The maximum Gasteiger partial charge on any atom is 0.241 e. The Morgan fingerprint density at radius 1 is 1.11 bits per heavy atom. The molecule has 0 aromatic heterocycles. The van der Waals surface area contributed by atoms with E-state index in [1.54, 1.807) is 0 Å². The monoisotopic (exact) mass is 143 g/mol. The summed E-state index contributed by atoms with van der Waals surface area (Å²) in [5.74, 6) is 0. The van der Waals surface area contributed by atoms with Gasteiger partial charge in [0.2, 0.25) is 6.43 Å². The molecule has 0 amide bonds. The Bertz CT molecular complexity index is 71.4. The fraction of sp³-hybridized carbons (Fsp3) is 0.800. The van der Waals surface area contributed by atoms with Crippen LogP contribution in [-0.2, 0) is 0 Å². The summed E-state index contributed by atoms with van der Waals surface area (Å²) in [5.41, 5.74) is 0. The summed E-state index contributed by atoms with van der Waals surface area (Å²) in [6.07, 6.45) is -8.03. The molecule has 0 heterocycles. The van der Waals surface area contributed by atoms with Gasteiger partial charge in [-0.15, -0.1) is 0 Å². The van der Waals surface area contributed by atoms with Crippen molar-refractivity contribution >= 4 is 0 Å². The highest BCUT2D eigenvalue weighted by atomic mass is 19.3. The zero-order chi connectivity index (χ0) is 7.44. The Labute approximate surface area is 50.9 Å². The van der Waals surface area contributed by atoms with Gasteiger partial charge in [-0.05, 0) is 6.92 Å². The van der Waals surface area contributed by atoms with Crippen LogP contribution in [0.25, 0.3) is 0 Å². The summed E-state index contributed by atoms with van der Waals surface area (Å²) in [6, 6.07) is 0. The third kappa shape index (κ3) is 4.24. The van der Waals surface area contributed by atoms with E-state index in [0.29, 0.717) is 0 Å². The molecule has 55 valence electrons. The van der Waals surface area contributed by atoms with Crippen molar-refractivity contribution < 1.29 is 17.6 Å². The maximum atomic E-state index is 11.9. The van der Waals surface area contributed by atoms with Crippen molar-refractivity contribution in [2.75, 3.05) is 0 Å². The lowest BCUT2D eigenvalue weighted by molar-refractivity contribution is 0.0758. The Morgan fingerprint density at radius 3 is 1.67 bits per heavy atom. The lowest BCUT2D eigenvalue weighted by Gasteiger charge is -2.06. The van der Waals surface area contributed by atoms with Gasteiger partial charge in [0.25, 0.3) is 0 Å². The fourth-order valence-electron chi connectivity index (χ4n) is 0.318. The van der Waals surface area contributed by atoms with Crippen LogP contribution in [0.1, 0.15) is 6.42 Å². The van der Waals surface area contributed by atoms with Crippen LogP contribution in [0.15, 0.2) is 0 Å². The molecule has 0 fully saturated rings. The van der Waals surface area contributed by atoms with Gasteiger partial charge in [0.15, 0.2) is 0 Å². The van der Waals surface area contributed by atoms with Crippen LogP contribution in [0, 0.1) is 6.92 Å². The molecule has 0 bridgehead atoms. The molecule has 0 N–H and O–H groups in total. The average molecular weight is 143 g/mol. The first-order valence-electron chi connectivity index (χ1n) is 2.43. The van der Waals surface area contributed by atoms with E-state index in [0.717, 1.165) is 0 Å². The number of hydrogen-bond donors (Lipinski definition) is 0. The van der Waals surface area contributed by atoms with Gasteiger partial charge in [-0.2, -0.15) is 0 Å². The molecule has 0 saturated carbocycles. The van der Waals surface area contributed by atoms with E-state index >= 15 is 0 Å². The Morgan fingerprint density at radius 2 is 1.56 bits per heavy atom. The summed E-state index contributed by atoms with van der Waals surface area (Å²) in [5, 5.41) is 0. The lowest BCUT2D eigenvalue weighted by atomic mass is 10.2. The molecule has 0 aliphatic carbocycles. The first kappa shape index (κ1) is 8.72. The normalized spacial score (nSPS) is 18.0. The molecule has 4 heteroatoms. The minimum atomic E-state index is -2.79. The predicted molar refractivity (Wildman–Crippen MR) is 25.8 cm³/mol. The molecule has 0 aromatic rings. The maximum absolute atomic E-state index is 11.9. The molecular formula is C5H7F4. The van der Waals surface area contributed by atoms with Crippen molar-refractivity contribution in [1.29, 1.82) is 0 Å². The van der Waals surface area contributed by atoms with Crippen molar-refractivity contribution in [3.05, 3.63) is 6.92 Å². The third-order valence-electron chi connectivity index (χ3n) is 0.796. The standard InChI is InChI=1S/C5H7F4/c1-3(6)4(7)2-5(8)9/h3-5H,1-2H2.